The summed E-state index contributed by atoms with van der Waals surface area (Å²) in [7, 11) is 0. The fraction of sp³-hybridized carbons (Fsp3) is 0.543. The first-order valence-electron chi connectivity index (χ1n) is 14.4. The van der Waals surface area contributed by atoms with Crippen molar-refractivity contribution in [3.8, 4) is 0 Å². The predicted octanol–water partition coefficient (Wildman–Crippen LogP) is 9.07. The molecule has 2 heteroatoms. The van der Waals surface area contributed by atoms with Gasteiger partial charge in [-0.2, -0.15) is 0 Å². The van der Waals surface area contributed by atoms with E-state index in [1.54, 1.807) is 0 Å². The minimum atomic E-state index is -0.0588. The van der Waals surface area contributed by atoms with E-state index in [0.29, 0.717) is 17.8 Å². The number of carbonyl (C=O) groups is 2. The Morgan fingerprint density at radius 3 is 2.24 bits per heavy atom. The highest BCUT2D eigenvalue weighted by molar-refractivity contribution is 6.30. The van der Waals surface area contributed by atoms with E-state index in [2.05, 4.69) is 78.0 Å². The Labute approximate surface area is 225 Å². The van der Waals surface area contributed by atoms with Gasteiger partial charge in [0.05, 0.1) is 0 Å². The van der Waals surface area contributed by atoms with Gasteiger partial charge in [0, 0.05) is 28.9 Å². The van der Waals surface area contributed by atoms with Gasteiger partial charge in [0.25, 0.3) is 0 Å². The molecule has 0 aliphatic heterocycles. The zero-order chi connectivity index (χ0) is 27.0. The van der Waals surface area contributed by atoms with Gasteiger partial charge in [-0.25, -0.2) is 0 Å². The third kappa shape index (κ3) is 6.00. The molecule has 2 nitrogen and oxygen atoms in total. The van der Waals surface area contributed by atoms with Crippen molar-refractivity contribution in [2.24, 2.45) is 22.7 Å². The predicted molar refractivity (Wildman–Crippen MR) is 155 cm³/mol. The van der Waals surface area contributed by atoms with Crippen molar-refractivity contribution < 1.29 is 9.59 Å². The topological polar surface area (TPSA) is 34.1 Å². The van der Waals surface area contributed by atoms with Gasteiger partial charge in [-0.1, -0.05) is 93.8 Å². The summed E-state index contributed by atoms with van der Waals surface area (Å²) in [6.07, 6.45) is 16.7. The van der Waals surface area contributed by atoms with Crippen LogP contribution >= 0.6 is 0 Å². The molecule has 3 aliphatic rings. The number of benzene rings is 1. The number of carbonyl (C=O) groups excluding carboxylic acids is 2. The van der Waals surface area contributed by atoms with Crippen LogP contribution in [-0.4, -0.2) is 11.6 Å². The first-order valence-corrected chi connectivity index (χ1v) is 14.4. The van der Waals surface area contributed by atoms with Gasteiger partial charge in [-0.15, -0.1) is 0 Å². The maximum atomic E-state index is 14.2. The largest absolute Gasteiger partial charge is 0.295 e. The van der Waals surface area contributed by atoms with Crippen molar-refractivity contribution >= 4 is 17.1 Å². The van der Waals surface area contributed by atoms with Crippen molar-refractivity contribution in [3.05, 3.63) is 75.9 Å². The fourth-order valence-corrected chi connectivity index (χ4v) is 6.78. The Kier molecular flexibility index (Phi) is 7.98. The molecule has 0 amide bonds. The SMILES string of the molecule is CCC(=O)C1=CC=C(C(C)C2=CC3(C=C(c4cc(C)cc(C)c4)C2=O)CCC(C(C)(C)C)CC3)CCC1. The van der Waals surface area contributed by atoms with Crippen molar-refractivity contribution in [3.63, 3.8) is 0 Å². The van der Waals surface area contributed by atoms with E-state index in [4.69, 9.17) is 0 Å². The molecule has 0 bridgehead atoms. The van der Waals surface area contributed by atoms with E-state index in [0.717, 1.165) is 54.4 Å². The Morgan fingerprint density at radius 1 is 1.00 bits per heavy atom. The average molecular weight is 499 g/mol. The molecule has 0 heterocycles. The molecule has 1 atom stereocenters. The summed E-state index contributed by atoms with van der Waals surface area (Å²) in [4.78, 5) is 26.5. The Bertz CT molecular complexity index is 1170. The average Bonchev–Trinajstić information content (AvgIpc) is 3.10. The van der Waals surface area contributed by atoms with Crippen LogP contribution in [0.25, 0.3) is 5.57 Å². The molecule has 1 spiro atoms. The van der Waals surface area contributed by atoms with Gasteiger partial charge in [0.1, 0.15) is 0 Å². The third-order valence-electron chi connectivity index (χ3n) is 9.17. The smallest absolute Gasteiger partial charge is 0.189 e. The van der Waals surface area contributed by atoms with Crippen LogP contribution in [0.2, 0.25) is 0 Å². The van der Waals surface area contributed by atoms with Crippen molar-refractivity contribution in [1.29, 1.82) is 0 Å². The molecule has 4 rings (SSSR count). The second kappa shape index (κ2) is 10.7. The highest BCUT2D eigenvalue weighted by atomic mass is 16.1. The van der Waals surface area contributed by atoms with Gasteiger partial charge >= 0.3 is 0 Å². The van der Waals surface area contributed by atoms with Gasteiger partial charge < -0.3 is 0 Å². The van der Waals surface area contributed by atoms with Crippen LogP contribution in [0.15, 0.2) is 59.2 Å². The zero-order valence-corrected chi connectivity index (χ0v) is 24.2. The van der Waals surface area contributed by atoms with Crippen LogP contribution in [-0.2, 0) is 9.59 Å². The molecule has 3 aliphatic carbocycles. The zero-order valence-electron chi connectivity index (χ0n) is 24.2. The van der Waals surface area contributed by atoms with E-state index >= 15 is 0 Å². The minimum Gasteiger partial charge on any atom is -0.295 e. The quantitative estimate of drug-likeness (QED) is 0.406. The van der Waals surface area contributed by atoms with Crippen LogP contribution in [0.1, 0.15) is 103 Å². The van der Waals surface area contributed by atoms with Gasteiger partial charge in [0.15, 0.2) is 11.6 Å². The van der Waals surface area contributed by atoms with Crippen LogP contribution in [0.3, 0.4) is 0 Å². The van der Waals surface area contributed by atoms with Crippen LogP contribution in [0.4, 0.5) is 0 Å². The maximum Gasteiger partial charge on any atom is 0.189 e. The summed E-state index contributed by atoms with van der Waals surface area (Å²) in [5, 5.41) is 0. The summed E-state index contributed by atoms with van der Waals surface area (Å²) in [6.45, 7) is 15.5. The molecule has 37 heavy (non-hydrogen) atoms. The van der Waals surface area contributed by atoms with E-state index in [1.807, 2.05) is 13.0 Å². The Morgan fingerprint density at radius 2 is 1.65 bits per heavy atom. The molecule has 0 N–H and O–H groups in total. The number of aryl methyl sites for hydroxylation is 2. The molecule has 1 aromatic rings. The fourth-order valence-electron chi connectivity index (χ4n) is 6.78. The first-order chi connectivity index (χ1) is 17.4. The second-order valence-corrected chi connectivity index (χ2v) is 13.0. The number of rotatable bonds is 5. The van der Waals surface area contributed by atoms with E-state index in [1.165, 1.54) is 29.5 Å². The molecular weight excluding hydrogens is 452 g/mol. The van der Waals surface area contributed by atoms with Crippen LogP contribution in [0, 0.1) is 36.5 Å². The van der Waals surface area contributed by atoms with Crippen LogP contribution < -0.4 is 0 Å². The highest BCUT2D eigenvalue weighted by Crippen LogP contribution is 2.51. The number of ketones is 2. The van der Waals surface area contributed by atoms with E-state index in [-0.39, 0.29) is 22.9 Å². The van der Waals surface area contributed by atoms with Crippen molar-refractivity contribution in [1.82, 2.24) is 0 Å². The van der Waals surface area contributed by atoms with Crippen LogP contribution in [0.5, 0.6) is 0 Å². The minimum absolute atomic E-state index is 0.0478. The molecule has 198 valence electrons. The third-order valence-corrected chi connectivity index (χ3v) is 9.17. The molecule has 0 saturated heterocycles. The number of hydrogen-bond acceptors (Lipinski definition) is 2. The van der Waals surface area contributed by atoms with Gasteiger partial charge in [-0.3, -0.25) is 9.59 Å². The summed E-state index contributed by atoms with van der Waals surface area (Å²) in [5.41, 5.74) is 7.76. The number of hydrogen-bond donors (Lipinski definition) is 0. The van der Waals surface area contributed by atoms with E-state index < -0.39 is 0 Å². The maximum absolute atomic E-state index is 14.2. The molecule has 1 unspecified atom stereocenters. The summed E-state index contributed by atoms with van der Waals surface area (Å²) in [5.74, 6) is 1.19. The molecule has 0 radical (unpaired) electrons. The summed E-state index contributed by atoms with van der Waals surface area (Å²) >= 11 is 0. The molecule has 1 saturated carbocycles. The van der Waals surface area contributed by atoms with Gasteiger partial charge in [-0.05, 0) is 81.3 Å². The standard InChI is InChI=1S/C35H46O2/c1-8-32(36)27-11-9-10-26(12-13-27)25(4)30-21-35(16-14-29(15-17-35)34(5,6)7)22-31(33(30)37)28-19-23(2)18-24(3)20-28/h12-13,18-22,25,29H,8-11,14-17H2,1-7H3. The monoisotopic (exact) mass is 498 g/mol. The highest BCUT2D eigenvalue weighted by Gasteiger charge is 2.41. The number of allylic oxidation sites excluding steroid dienone is 8. The molecule has 0 aromatic heterocycles. The lowest BCUT2D eigenvalue weighted by Crippen LogP contribution is -2.34. The molecule has 1 fully saturated rings. The lowest BCUT2D eigenvalue weighted by molar-refractivity contribution is -0.115. The lowest BCUT2D eigenvalue weighted by atomic mass is 9.61. The molecule has 1 aromatic carbocycles. The Balaban J connectivity index is 1.74. The van der Waals surface area contributed by atoms with Gasteiger partial charge in [0.2, 0.25) is 0 Å². The molecular formula is C35H46O2. The second-order valence-electron chi connectivity index (χ2n) is 13.0. The van der Waals surface area contributed by atoms with Crippen molar-refractivity contribution in [2.45, 2.75) is 99.8 Å². The summed E-state index contributed by atoms with van der Waals surface area (Å²) < 4.78 is 0. The lowest BCUT2D eigenvalue weighted by Gasteiger charge is -2.44. The Hall–Kier alpha value is -2.48. The first kappa shape index (κ1) is 27.6. The van der Waals surface area contributed by atoms with Crippen molar-refractivity contribution in [2.75, 3.05) is 0 Å². The normalized spacial score (nSPS) is 25.6. The number of Topliss-reactive ketones (excluding diaryl/α,β-unsaturated/α-hetero) is 2. The van der Waals surface area contributed by atoms with E-state index in [9.17, 15) is 9.59 Å². The summed E-state index contributed by atoms with van der Waals surface area (Å²) in [6, 6.07) is 6.53.